The molecular formula is C15H17BrFNS. The van der Waals surface area contributed by atoms with Crippen LogP contribution in [0.2, 0.25) is 0 Å². The van der Waals surface area contributed by atoms with Crippen LogP contribution in [-0.4, -0.2) is 6.54 Å². The summed E-state index contributed by atoms with van der Waals surface area (Å²) in [6.07, 6.45) is 1.02. The zero-order chi connectivity index (χ0) is 13.8. The SMILES string of the molecule is CCCNC(c1sccc1C)c1c(F)cccc1Br. The third-order valence-electron chi connectivity index (χ3n) is 3.05. The van der Waals surface area contributed by atoms with Crippen LogP contribution in [0.1, 0.15) is 35.4 Å². The summed E-state index contributed by atoms with van der Waals surface area (Å²) in [6, 6.07) is 7.12. The predicted molar refractivity (Wildman–Crippen MR) is 83.3 cm³/mol. The van der Waals surface area contributed by atoms with E-state index in [2.05, 4.69) is 46.5 Å². The van der Waals surface area contributed by atoms with Gasteiger partial charge in [0.25, 0.3) is 0 Å². The second kappa shape index (κ2) is 6.64. The maximum Gasteiger partial charge on any atom is 0.129 e. The Morgan fingerprint density at radius 3 is 2.74 bits per heavy atom. The van der Waals surface area contributed by atoms with Gasteiger partial charge < -0.3 is 5.32 Å². The molecule has 0 aliphatic rings. The predicted octanol–water partition coefficient (Wildman–Crippen LogP) is 5.05. The van der Waals surface area contributed by atoms with Gasteiger partial charge in [-0.15, -0.1) is 11.3 Å². The standard InChI is InChI=1S/C15H17BrFNS/c1-3-8-18-14(15-10(2)7-9-19-15)13-11(16)5-4-6-12(13)17/h4-7,9,14,18H,3,8H2,1-2H3. The third-order valence-corrected chi connectivity index (χ3v) is 4.83. The van der Waals surface area contributed by atoms with Crippen molar-refractivity contribution < 1.29 is 4.39 Å². The Kier molecular flexibility index (Phi) is 5.13. The first-order valence-corrected chi connectivity index (χ1v) is 8.03. The van der Waals surface area contributed by atoms with E-state index in [1.807, 2.05) is 6.07 Å². The summed E-state index contributed by atoms with van der Waals surface area (Å²) >= 11 is 5.14. The Labute approximate surface area is 126 Å². The van der Waals surface area contributed by atoms with E-state index in [4.69, 9.17) is 0 Å². The highest BCUT2D eigenvalue weighted by Gasteiger charge is 2.22. The summed E-state index contributed by atoms with van der Waals surface area (Å²) in [5.41, 5.74) is 1.90. The summed E-state index contributed by atoms with van der Waals surface area (Å²) in [4.78, 5) is 1.18. The van der Waals surface area contributed by atoms with Crippen LogP contribution in [0.15, 0.2) is 34.1 Å². The normalized spacial score (nSPS) is 12.6. The van der Waals surface area contributed by atoms with E-state index in [9.17, 15) is 4.39 Å². The molecule has 0 aliphatic carbocycles. The van der Waals surface area contributed by atoms with Crippen molar-refractivity contribution in [3.8, 4) is 0 Å². The molecule has 0 spiro atoms. The van der Waals surface area contributed by atoms with Crippen molar-refractivity contribution >= 4 is 27.3 Å². The molecule has 0 radical (unpaired) electrons. The maximum absolute atomic E-state index is 14.2. The summed E-state index contributed by atoms with van der Waals surface area (Å²) in [7, 11) is 0. The molecule has 0 amide bonds. The molecule has 1 unspecified atom stereocenters. The lowest BCUT2D eigenvalue weighted by Crippen LogP contribution is -2.24. The van der Waals surface area contributed by atoms with E-state index in [0.29, 0.717) is 5.56 Å². The lowest BCUT2D eigenvalue weighted by atomic mass is 10.0. The highest BCUT2D eigenvalue weighted by atomic mass is 79.9. The second-order valence-corrected chi connectivity index (χ2v) is 6.29. The van der Waals surface area contributed by atoms with Gasteiger partial charge in [-0.25, -0.2) is 4.39 Å². The van der Waals surface area contributed by atoms with Crippen LogP contribution in [0.25, 0.3) is 0 Å². The van der Waals surface area contributed by atoms with Crippen molar-refractivity contribution in [2.75, 3.05) is 6.54 Å². The van der Waals surface area contributed by atoms with Crippen molar-refractivity contribution in [3.05, 3.63) is 55.9 Å². The number of rotatable bonds is 5. The van der Waals surface area contributed by atoms with E-state index < -0.39 is 0 Å². The third kappa shape index (κ3) is 3.25. The number of aryl methyl sites for hydroxylation is 1. The number of benzene rings is 1. The first kappa shape index (κ1) is 14.7. The smallest absolute Gasteiger partial charge is 0.129 e. The van der Waals surface area contributed by atoms with Crippen LogP contribution in [0, 0.1) is 12.7 Å². The van der Waals surface area contributed by atoms with Crippen molar-refractivity contribution in [2.45, 2.75) is 26.3 Å². The van der Waals surface area contributed by atoms with E-state index >= 15 is 0 Å². The van der Waals surface area contributed by atoms with Crippen LogP contribution in [0.4, 0.5) is 4.39 Å². The van der Waals surface area contributed by atoms with Crippen molar-refractivity contribution in [1.29, 1.82) is 0 Å². The van der Waals surface area contributed by atoms with Gasteiger partial charge in [-0.3, -0.25) is 0 Å². The molecule has 1 N–H and O–H groups in total. The minimum absolute atomic E-state index is 0.0875. The molecule has 0 saturated heterocycles. The van der Waals surface area contributed by atoms with Gasteiger partial charge in [0, 0.05) is 14.9 Å². The van der Waals surface area contributed by atoms with E-state index in [0.717, 1.165) is 17.4 Å². The maximum atomic E-state index is 14.2. The van der Waals surface area contributed by atoms with Crippen LogP contribution in [0.3, 0.4) is 0 Å². The molecule has 2 rings (SSSR count). The Morgan fingerprint density at radius 1 is 1.37 bits per heavy atom. The average molecular weight is 342 g/mol. The highest BCUT2D eigenvalue weighted by Crippen LogP contribution is 2.34. The first-order valence-electron chi connectivity index (χ1n) is 6.36. The number of nitrogens with one attached hydrogen (secondary N) is 1. The summed E-state index contributed by atoms with van der Waals surface area (Å²) in [5, 5.41) is 5.51. The number of hydrogen-bond donors (Lipinski definition) is 1. The molecule has 0 saturated carbocycles. The Bertz CT molecular complexity index is 533. The van der Waals surface area contributed by atoms with Gasteiger partial charge in [0.1, 0.15) is 5.82 Å². The van der Waals surface area contributed by atoms with Crippen molar-refractivity contribution in [1.82, 2.24) is 5.32 Å². The summed E-state index contributed by atoms with van der Waals surface area (Å²) in [5.74, 6) is -0.171. The van der Waals surface area contributed by atoms with Gasteiger partial charge in [0.2, 0.25) is 0 Å². The molecule has 1 aromatic carbocycles. The van der Waals surface area contributed by atoms with Crippen LogP contribution >= 0.6 is 27.3 Å². The Balaban J connectivity index is 2.46. The van der Waals surface area contributed by atoms with E-state index in [-0.39, 0.29) is 11.9 Å². The zero-order valence-electron chi connectivity index (χ0n) is 11.0. The molecule has 1 atom stereocenters. The zero-order valence-corrected chi connectivity index (χ0v) is 13.4. The average Bonchev–Trinajstić information content (AvgIpc) is 2.79. The fourth-order valence-electron chi connectivity index (χ4n) is 2.08. The van der Waals surface area contributed by atoms with Gasteiger partial charge in [0.15, 0.2) is 0 Å². The number of halogens is 2. The quantitative estimate of drug-likeness (QED) is 0.802. The molecule has 102 valence electrons. The first-order chi connectivity index (χ1) is 9.15. The van der Waals surface area contributed by atoms with E-state index in [1.165, 1.54) is 16.5 Å². The summed E-state index contributed by atoms with van der Waals surface area (Å²) < 4.78 is 15.0. The van der Waals surface area contributed by atoms with Gasteiger partial charge in [-0.05, 0) is 49.0 Å². The Hall–Kier alpha value is -0.710. The molecule has 0 bridgehead atoms. The van der Waals surface area contributed by atoms with Crippen LogP contribution in [0.5, 0.6) is 0 Å². The topological polar surface area (TPSA) is 12.0 Å². The molecule has 1 nitrogen and oxygen atoms in total. The molecular weight excluding hydrogens is 325 g/mol. The van der Waals surface area contributed by atoms with Crippen LogP contribution < -0.4 is 5.32 Å². The summed E-state index contributed by atoms with van der Waals surface area (Å²) in [6.45, 7) is 5.05. The largest absolute Gasteiger partial charge is 0.305 e. The fourth-order valence-corrected chi connectivity index (χ4v) is 3.66. The lowest BCUT2D eigenvalue weighted by Gasteiger charge is -2.21. The molecule has 1 heterocycles. The Morgan fingerprint density at radius 2 is 2.16 bits per heavy atom. The highest BCUT2D eigenvalue weighted by molar-refractivity contribution is 9.10. The minimum atomic E-state index is -0.171. The molecule has 1 aromatic heterocycles. The molecule has 4 heteroatoms. The van der Waals surface area contributed by atoms with Gasteiger partial charge in [-0.2, -0.15) is 0 Å². The van der Waals surface area contributed by atoms with Crippen molar-refractivity contribution in [3.63, 3.8) is 0 Å². The molecule has 0 aliphatic heterocycles. The molecule has 19 heavy (non-hydrogen) atoms. The van der Waals surface area contributed by atoms with Gasteiger partial charge >= 0.3 is 0 Å². The van der Waals surface area contributed by atoms with Gasteiger partial charge in [0.05, 0.1) is 6.04 Å². The number of thiophene rings is 1. The molecule has 2 aromatic rings. The lowest BCUT2D eigenvalue weighted by molar-refractivity contribution is 0.548. The number of hydrogen-bond acceptors (Lipinski definition) is 2. The monoisotopic (exact) mass is 341 g/mol. The molecule has 0 fully saturated rings. The van der Waals surface area contributed by atoms with Crippen molar-refractivity contribution in [2.24, 2.45) is 0 Å². The minimum Gasteiger partial charge on any atom is -0.305 e. The van der Waals surface area contributed by atoms with Gasteiger partial charge in [-0.1, -0.05) is 28.9 Å². The van der Waals surface area contributed by atoms with E-state index in [1.54, 1.807) is 17.4 Å². The fraction of sp³-hybridized carbons (Fsp3) is 0.333. The second-order valence-electron chi connectivity index (χ2n) is 4.49. The van der Waals surface area contributed by atoms with Crippen LogP contribution in [-0.2, 0) is 0 Å².